The van der Waals surface area contributed by atoms with Crippen LogP contribution in [0.5, 0.6) is 0 Å². The number of rotatable bonds is 5. The van der Waals surface area contributed by atoms with Crippen molar-refractivity contribution < 1.29 is 19.4 Å². The molecule has 0 fully saturated rings. The van der Waals surface area contributed by atoms with E-state index in [1.54, 1.807) is 4.68 Å². The van der Waals surface area contributed by atoms with Crippen molar-refractivity contribution in [3.8, 4) is 11.1 Å². The summed E-state index contributed by atoms with van der Waals surface area (Å²) < 4.78 is 7.32. The molecule has 0 spiro atoms. The molecule has 1 aliphatic carbocycles. The largest absolute Gasteiger partial charge is 0.478 e. The zero-order chi connectivity index (χ0) is 21.4. The summed E-state index contributed by atoms with van der Waals surface area (Å²) in [5, 5.41) is 16.4. The van der Waals surface area contributed by atoms with E-state index in [1.165, 1.54) is 28.5 Å². The van der Waals surface area contributed by atoms with E-state index in [0.717, 1.165) is 12.8 Å². The number of alkyl carbamates (subject to hydrolysis) is 1. The highest BCUT2D eigenvalue weighted by Gasteiger charge is 2.30. The molecule has 2 aromatic carbocycles. The lowest BCUT2D eigenvalue weighted by molar-refractivity contribution is 0.0694. The summed E-state index contributed by atoms with van der Waals surface area (Å²) in [4.78, 5) is 24.0. The fourth-order valence-electron chi connectivity index (χ4n) is 4.85. The van der Waals surface area contributed by atoms with Crippen LogP contribution in [0.25, 0.3) is 11.1 Å². The first-order chi connectivity index (χ1) is 15.1. The third-order valence-electron chi connectivity index (χ3n) is 6.26. The molecule has 0 radical (unpaired) electrons. The molecule has 2 aliphatic rings. The SMILES string of the molecule is O=C(NCC1CCCn2ncc(C(=O)O)c21)OCC1c2ccccc2-c2ccccc21. The average Bonchev–Trinajstić information content (AvgIpc) is 3.36. The summed E-state index contributed by atoms with van der Waals surface area (Å²) in [7, 11) is 0. The lowest BCUT2D eigenvalue weighted by atomic mass is 9.93. The summed E-state index contributed by atoms with van der Waals surface area (Å²) in [6, 6.07) is 16.4. The number of aromatic nitrogens is 2. The Bertz CT molecular complexity index is 1110. The van der Waals surface area contributed by atoms with Crippen LogP contribution in [-0.2, 0) is 11.3 Å². The minimum atomic E-state index is -0.991. The van der Waals surface area contributed by atoms with E-state index in [1.807, 2.05) is 24.3 Å². The second-order valence-corrected chi connectivity index (χ2v) is 8.02. The van der Waals surface area contributed by atoms with Crippen molar-refractivity contribution in [1.82, 2.24) is 15.1 Å². The van der Waals surface area contributed by atoms with Gasteiger partial charge < -0.3 is 15.2 Å². The van der Waals surface area contributed by atoms with E-state index in [4.69, 9.17) is 4.74 Å². The Labute approximate surface area is 179 Å². The molecular formula is C24H23N3O4. The van der Waals surface area contributed by atoms with E-state index in [9.17, 15) is 14.7 Å². The highest BCUT2D eigenvalue weighted by atomic mass is 16.5. The molecule has 0 saturated carbocycles. The van der Waals surface area contributed by atoms with Crippen LogP contribution in [0.3, 0.4) is 0 Å². The van der Waals surface area contributed by atoms with Crippen molar-refractivity contribution in [2.24, 2.45) is 0 Å². The third-order valence-corrected chi connectivity index (χ3v) is 6.26. The van der Waals surface area contributed by atoms with E-state index in [2.05, 4.69) is 34.7 Å². The van der Waals surface area contributed by atoms with Gasteiger partial charge in [-0.1, -0.05) is 48.5 Å². The highest BCUT2D eigenvalue weighted by Crippen LogP contribution is 2.44. The summed E-state index contributed by atoms with van der Waals surface area (Å²) in [5.41, 5.74) is 5.59. The van der Waals surface area contributed by atoms with Gasteiger partial charge in [-0.2, -0.15) is 5.10 Å². The summed E-state index contributed by atoms with van der Waals surface area (Å²) in [5.74, 6) is -1.08. The predicted octanol–water partition coefficient (Wildman–Crippen LogP) is 4.00. The van der Waals surface area contributed by atoms with Crippen LogP contribution >= 0.6 is 0 Å². The first kappa shape index (κ1) is 19.4. The molecule has 0 saturated heterocycles. The van der Waals surface area contributed by atoms with Crippen LogP contribution in [0.4, 0.5) is 4.79 Å². The van der Waals surface area contributed by atoms with Crippen molar-refractivity contribution in [2.75, 3.05) is 13.2 Å². The van der Waals surface area contributed by atoms with E-state index in [0.29, 0.717) is 18.8 Å². The monoisotopic (exact) mass is 417 g/mol. The second-order valence-electron chi connectivity index (χ2n) is 8.02. The van der Waals surface area contributed by atoms with Gasteiger partial charge in [-0.25, -0.2) is 9.59 Å². The first-order valence-electron chi connectivity index (χ1n) is 10.5. The Morgan fingerprint density at radius 2 is 1.77 bits per heavy atom. The van der Waals surface area contributed by atoms with Gasteiger partial charge in [-0.05, 0) is 35.1 Å². The lowest BCUT2D eigenvalue weighted by Crippen LogP contribution is -2.33. The molecule has 7 nitrogen and oxygen atoms in total. The van der Waals surface area contributed by atoms with Gasteiger partial charge in [0.15, 0.2) is 0 Å². The molecule has 1 amide bonds. The number of nitrogens with one attached hydrogen (secondary N) is 1. The van der Waals surface area contributed by atoms with Gasteiger partial charge in [0.05, 0.1) is 11.9 Å². The standard InChI is InChI=1S/C24H23N3O4/c28-23(29)20-13-26-27-11-5-6-15(22(20)27)12-25-24(30)31-14-21-18-9-3-1-7-16(18)17-8-2-4-10-19(17)21/h1-4,7-10,13,15,21H,5-6,11-12,14H2,(H,25,30)(H,28,29). The fraction of sp³-hybridized carbons (Fsp3) is 0.292. The molecule has 3 aromatic rings. The number of aryl methyl sites for hydroxylation is 1. The number of aromatic carboxylic acids is 1. The average molecular weight is 417 g/mol. The van der Waals surface area contributed by atoms with Crippen molar-refractivity contribution >= 4 is 12.1 Å². The molecule has 7 heteroatoms. The van der Waals surface area contributed by atoms with Gasteiger partial charge in [0, 0.05) is 24.9 Å². The summed E-state index contributed by atoms with van der Waals surface area (Å²) in [6.45, 7) is 1.27. The van der Waals surface area contributed by atoms with E-state index in [-0.39, 0.29) is 24.0 Å². The molecule has 2 heterocycles. The molecule has 1 aromatic heterocycles. The number of amides is 1. The predicted molar refractivity (Wildman–Crippen MR) is 114 cm³/mol. The lowest BCUT2D eigenvalue weighted by Gasteiger charge is -2.24. The number of nitrogens with zero attached hydrogens (tertiary/aromatic N) is 2. The maximum atomic E-state index is 12.5. The van der Waals surface area contributed by atoms with Gasteiger partial charge in [0.2, 0.25) is 0 Å². The molecular weight excluding hydrogens is 394 g/mol. The van der Waals surface area contributed by atoms with Gasteiger partial charge >= 0.3 is 12.1 Å². The van der Waals surface area contributed by atoms with Gasteiger partial charge in [-0.15, -0.1) is 0 Å². The van der Waals surface area contributed by atoms with E-state index < -0.39 is 12.1 Å². The zero-order valence-corrected chi connectivity index (χ0v) is 17.0. The molecule has 2 N–H and O–H groups in total. The molecule has 0 bridgehead atoms. The number of hydrogen-bond acceptors (Lipinski definition) is 4. The molecule has 31 heavy (non-hydrogen) atoms. The number of carbonyl (C=O) groups excluding carboxylic acids is 1. The number of fused-ring (bicyclic) bond motifs is 4. The number of carboxylic acids is 1. The first-order valence-corrected chi connectivity index (χ1v) is 10.5. The van der Waals surface area contributed by atoms with Gasteiger partial charge in [0.1, 0.15) is 12.2 Å². The molecule has 1 atom stereocenters. The quantitative estimate of drug-likeness (QED) is 0.655. The topological polar surface area (TPSA) is 93.5 Å². The Morgan fingerprint density at radius 1 is 1.10 bits per heavy atom. The number of ether oxygens (including phenoxy) is 1. The number of benzene rings is 2. The fourth-order valence-corrected chi connectivity index (χ4v) is 4.85. The van der Waals surface area contributed by atoms with Crippen LogP contribution in [0.1, 0.15) is 51.9 Å². The molecule has 1 aliphatic heterocycles. The number of carboxylic acid groups (broad SMARTS) is 1. The van der Waals surface area contributed by atoms with Crippen LogP contribution in [0.2, 0.25) is 0 Å². The smallest absolute Gasteiger partial charge is 0.407 e. The van der Waals surface area contributed by atoms with Crippen LogP contribution in [-0.4, -0.2) is 40.1 Å². The Hall–Kier alpha value is -3.61. The number of carbonyl (C=O) groups is 2. The van der Waals surface area contributed by atoms with Crippen LogP contribution in [0, 0.1) is 0 Å². The van der Waals surface area contributed by atoms with Crippen LogP contribution in [0.15, 0.2) is 54.7 Å². The van der Waals surface area contributed by atoms with Gasteiger partial charge in [-0.3, -0.25) is 4.68 Å². The highest BCUT2D eigenvalue weighted by molar-refractivity contribution is 5.89. The van der Waals surface area contributed by atoms with Crippen molar-refractivity contribution in [1.29, 1.82) is 0 Å². The third kappa shape index (κ3) is 3.46. The Morgan fingerprint density at radius 3 is 2.45 bits per heavy atom. The molecule has 1 unspecified atom stereocenters. The minimum absolute atomic E-state index is 0.00729. The van der Waals surface area contributed by atoms with Crippen LogP contribution < -0.4 is 5.32 Å². The second kappa shape index (κ2) is 7.91. The van der Waals surface area contributed by atoms with Crippen molar-refractivity contribution in [3.63, 3.8) is 0 Å². The zero-order valence-electron chi connectivity index (χ0n) is 17.0. The molecule has 5 rings (SSSR count). The maximum absolute atomic E-state index is 12.5. The summed E-state index contributed by atoms with van der Waals surface area (Å²) >= 11 is 0. The number of hydrogen-bond donors (Lipinski definition) is 2. The maximum Gasteiger partial charge on any atom is 0.407 e. The minimum Gasteiger partial charge on any atom is -0.478 e. The molecule has 158 valence electrons. The van der Waals surface area contributed by atoms with E-state index >= 15 is 0 Å². The summed E-state index contributed by atoms with van der Waals surface area (Å²) in [6.07, 6.45) is 2.60. The Balaban J connectivity index is 1.24. The van der Waals surface area contributed by atoms with Crippen molar-refractivity contribution in [3.05, 3.63) is 77.1 Å². The normalized spacial score (nSPS) is 16.8. The Kier molecular flexibility index (Phi) is 4.94. The van der Waals surface area contributed by atoms with Gasteiger partial charge in [0.25, 0.3) is 0 Å². The van der Waals surface area contributed by atoms with Crippen molar-refractivity contribution in [2.45, 2.75) is 31.2 Å².